The van der Waals surface area contributed by atoms with Crippen molar-refractivity contribution in [2.24, 2.45) is 5.92 Å². The van der Waals surface area contributed by atoms with Gasteiger partial charge in [-0.2, -0.15) is 0 Å². The van der Waals surface area contributed by atoms with Crippen molar-refractivity contribution in [2.75, 3.05) is 23.3 Å². The minimum atomic E-state index is -0.872. The third-order valence-corrected chi connectivity index (χ3v) is 4.26. The fraction of sp³-hybridized carbons (Fsp3) is 0.312. The van der Waals surface area contributed by atoms with E-state index >= 15 is 0 Å². The van der Waals surface area contributed by atoms with Gasteiger partial charge in [-0.1, -0.05) is 12.1 Å². The number of aromatic nitrogens is 2. The summed E-state index contributed by atoms with van der Waals surface area (Å²) in [6.45, 7) is 0.655. The lowest BCUT2D eigenvalue weighted by Crippen LogP contribution is -2.37. The zero-order valence-corrected chi connectivity index (χ0v) is 13.6. The number of halogens is 1. The van der Waals surface area contributed by atoms with Crippen molar-refractivity contribution >= 4 is 29.0 Å². The largest absolute Gasteiger partial charge is 0.481 e. The van der Waals surface area contributed by atoms with Crippen molar-refractivity contribution in [1.82, 2.24) is 9.97 Å². The molecule has 0 aliphatic carbocycles. The van der Waals surface area contributed by atoms with Gasteiger partial charge in [0.05, 0.1) is 16.5 Å². The van der Waals surface area contributed by atoms with E-state index in [1.54, 1.807) is 11.0 Å². The minimum absolute atomic E-state index is 0.0600. The quantitative estimate of drug-likeness (QED) is 0.615. The lowest BCUT2D eigenvalue weighted by atomic mass is 9.97. The predicted octanol–water partition coefficient (Wildman–Crippen LogP) is 2.57. The average Bonchev–Trinajstić information content (AvgIpc) is 2.63. The van der Waals surface area contributed by atoms with E-state index < -0.39 is 22.6 Å². The standard InChI is InChI=1S/C16H16FN5O4/c17-11-3-1-2-4-12(11)20-14-13(22(25)26)15(19-9-18-14)21-7-5-10(6-8-21)16(23)24/h1-4,9-10H,5-8H2,(H,23,24)(H,18,19,20). The van der Waals surface area contributed by atoms with E-state index in [2.05, 4.69) is 15.3 Å². The molecule has 1 saturated heterocycles. The van der Waals surface area contributed by atoms with E-state index in [1.165, 1.54) is 18.2 Å². The predicted molar refractivity (Wildman–Crippen MR) is 90.9 cm³/mol. The van der Waals surface area contributed by atoms with Crippen LogP contribution in [0, 0.1) is 21.8 Å². The molecule has 1 aliphatic heterocycles. The van der Waals surface area contributed by atoms with Crippen LogP contribution in [0.5, 0.6) is 0 Å². The summed E-state index contributed by atoms with van der Waals surface area (Å²) < 4.78 is 13.8. The zero-order valence-electron chi connectivity index (χ0n) is 13.6. The lowest BCUT2D eigenvalue weighted by Gasteiger charge is -2.30. The summed E-state index contributed by atoms with van der Waals surface area (Å²) in [7, 11) is 0. The molecule has 2 N–H and O–H groups in total. The summed E-state index contributed by atoms with van der Waals surface area (Å²) in [5.41, 5.74) is -0.311. The number of nitro groups is 1. The van der Waals surface area contributed by atoms with Gasteiger partial charge >= 0.3 is 11.7 Å². The Kier molecular flexibility index (Phi) is 4.92. The highest BCUT2D eigenvalue weighted by Gasteiger charge is 2.31. The first-order chi connectivity index (χ1) is 12.5. The molecule has 136 valence electrons. The molecule has 0 unspecified atom stereocenters. The first-order valence-electron chi connectivity index (χ1n) is 7.96. The maximum atomic E-state index is 13.8. The fourth-order valence-electron chi connectivity index (χ4n) is 2.89. The van der Waals surface area contributed by atoms with Crippen molar-refractivity contribution < 1.29 is 19.2 Å². The molecule has 0 amide bonds. The first kappa shape index (κ1) is 17.5. The third kappa shape index (κ3) is 3.53. The number of aliphatic carboxylic acids is 1. The summed E-state index contributed by atoms with van der Waals surface area (Å²) in [4.78, 5) is 31.6. The number of nitrogens with one attached hydrogen (secondary N) is 1. The topological polar surface area (TPSA) is 121 Å². The van der Waals surface area contributed by atoms with Gasteiger partial charge in [-0.05, 0) is 25.0 Å². The number of para-hydroxylation sites is 1. The number of nitrogens with zero attached hydrogens (tertiary/aromatic N) is 4. The highest BCUT2D eigenvalue weighted by molar-refractivity contribution is 5.75. The van der Waals surface area contributed by atoms with Gasteiger partial charge in [-0.25, -0.2) is 14.4 Å². The number of benzene rings is 1. The average molecular weight is 361 g/mol. The van der Waals surface area contributed by atoms with Crippen LogP contribution in [0.25, 0.3) is 0 Å². The Morgan fingerprint density at radius 1 is 1.31 bits per heavy atom. The Labute approximate surface area is 147 Å². The minimum Gasteiger partial charge on any atom is -0.481 e. The zero-order chi connectivity index (χ0) is 18.7. The van der Waals surface area contributed by atoms with Crippen LogP contribution in [0.2, 0.25) is 0 Å². The second-order valence-electron chi connectivity index (χ2n) is 5.86. The molecule has 0 bridgehead atoms. The molecule has 0 atom stereocenters. The van der Waals surface area contributed by atoms with Gasteiger partial charge in [0.15, 0.2) is 0 Å². The summed E-state index contributed by atoms with van der Waals surface area (Å²) in [6, 6.07) is 5.77. The van der Waals surface area contributed by atoms with Crippen LogP contribution in [0.1, 0.15) is 12.8 Å². The van der Waals surface area contributed by atoms with Crippen LogP contribution < -0.4 is 10.2 Å². The van der Waals surface area contributed by atoms with Crippen LogP contribution in [0.4, 0.5) is 27.4 Å². The molecule has 0 spiro atoms. The number of rotatable bonds is 5. The van der Waals surface area contributed by atoms with Crippen molar-refractivity contribution in [3.8, 4) is 0 Å². The van der Waals surface area contributed by atoms with Gasteiger partial charge in [-0.15, -0.1) is 0 Å². The van der Waals surface area contributed by atoms with Crippen LogP contribution in [-0.4, -0.2) is 39.1 Å². The molecular weight excluding hydrogens is 345 g/mol. The normalized spacial score (nSPS) is 14.9. The number of anilines is 3. The van der Waals surface area contributed by atoms with Gasteiger partial charge in [0.25, 0.3) is 0 Å². The highest BCUT2D eigenvalue weighted by Crippen LogP contribution is 2.35. The van der Waals surface area contributed by atoms with E-state index in [0.717, 1.165) is 6.33 Å². The molecule has 2 heterocycles. The van der Waals surface area contributed by atoms with Gasteiger partial charge in [-0.3, -0.25) is 14.9 Å². The molecule has 1 aromatic carbocycles. The van der Waals surface area contributed by atoms with Crippen molar-refractivity contribution in [1.29, 1.82) is 0 Å². The SMILES string of the molecule is O=C(O)C1CCN(c2ncnc(Nc3ccccc3F)c2[N+](=O)[O-])CC1. The molecule has 1 aromatic heterocycles. The van der Waals surface area contributed by atoms with Gasteiger partial charge in [0.1, 0.15) is 12.1 Å². The van der Waals surface area contributed by atoms with Gasteiger partial charge in [0, 0.05) is 13.1 Å². The van der Waals surface area contributed by atoms with E-state index in [9.17, 15) is 19.3 Å². The second-order valence-corrected chi connectivity index (χ2v) is 5.86. The maximum Gasteiger partial charge on any atom is 0.353 e. The summed E-state index contributed by atoms with van der Waals surface area (Å²) >= 11 is 0. The second kappa shape index (κ2) is 7.30. The van der Waals surface area contributed by atoms with E-state index in [0.29, 0.717) is 25.9 Å². The van der Waals surface area contributed by atoms with Crippen LogP contribution in [-0.2, 0) is 4.79 Å². The van der Waals surface area contributed by atoms with Gasteiger partial charge < -0.3 is 15.3 Å². The number of carbonyl (C=O) groups is 1. The van der Waals surface area contributed by atoms with Crippen molar-refractivity contribution in [2.45, 2.75) is 12.8 Å². The Morgan fingerprint density at radius 2 is 2.00 bits per heavy atom. The molecule has 3 rings (SSSR count). The maximum absolute atomic E-state index is 13.8. The van der Waals surface area contributed by atoms with Gasteiger partial charge in [0.2, 0.25) is 11.6 Å². The Bertz CT molecular complexity index is 839. The molecule has 26 heavy (non-hydrogen) atoms. The lowest BCUT2D eigenvalue weighted by molar-refractivity contribution is -0.383. The highest BCUT2D eigenvalue weighted by atomic mass is 19.1. The van der Waals surface area contributed by atoms with Crippen LogP contribution >= 0.6 is 0 Å². The molecule has 9 nitrogen and oxygen atoms in total. The van der Waals surface area contributed by atoms with Crippen molar-refractivity contribution in [3.63, 3.8) is 0 Å². The molecule has 10 heteroatoms. The van der Waals surface area contributed by atoms with E-state index in [1.807, 2.05) is 0 Å². The number of carboxylic acid groups (broad SMARTS) is 1. The van der Waals surface area contributed by atoms with E-state index in [-0.39, 0.29) is 23.0 Å². The molecule has 1 fully saturated rings. The Hall–Kier alpha value is -3.30. The molecule has 1 aliphatic rings. The number of hydrogen-bond acceptors (Lipinski definition) is 7. The third-order valence-electron chi connectivity index (χ3n) is 4.26. The van der Waals surface area contributed by atoms with E-state index in [4.69, 9.17) is 5.11 Å². The Balaban J connectivity index is 1.91. The Morgan fingerprint density at radius 3 is 2.62 bits per heavy atom. The summed E-state index contributed by atoms with van der Waals surface area (Å²) in [5, 5.41) is 23.3. The number of hydrogen-bond donors (Lipinski definition) is 2. The number of piperidine rings is 1. The molecular formula is C16H16FN5O4. The molecule has 0 radical (unpaired) electrons. The summed E-state index contributed by atoms with van der Waals surface area (Å²) in [6.07, 6.45) is 1.90. The summed E-state index contributed by atoms with van der Waals surface area (Å²) in [5.74, 6) is -1.94. The molecule has 2 aromatic rings. The monoisotopic (exact) mass is 361 g/mol. The van der Waals surface area contributed by atoms with Crippen molar-refractivity contribution in [3.05, 3.63) is 46.5 Å². The fourth-order valence-corrected chi connectivity index (χ4v) is 2.89. The number of carboxylic acids is 1. The molecule has 0 saturated carbocycles. The van der Waals surface area contributed by atoms with Crippen LogP contribution in [0.3, 0.4) is 0 Å². The van der Waals surface area contributed by atoms with Crippen LogP contribution in [0.15, 0.2) is 30.6 Å². The smallest absolute Gasteiger partial charge is 0.353 e. The first-order valence-corrected chi connectivity index (χ1v) is 7.96.